The molecule has 0 radical (unpaired) electrons. The van der Waals surface area contributed by atoms with Crippen molar-refractivity contribution >= 4 is 34.9 Å². The number of carbonyl (C=O) groups is 1. The van der Waals surface area contributed by atoms with Crippen molar-refractivity contribution in [2.75, 3.05) is 12.4 Å². The third kappa shape index (κ3) is 2.62. The van der Waals surface area contributed by atoms with Crippen molar-refractivity contribution in [1.29, 1.82) is 0 Å². The Bertz CT molecular complexity index is 878. The molecule has 1 aliphatic heterocycles. The van der Waals surface area contributed by atoms with Gasteiger partial charge in [-0.25, -0.2) is 4.79 Å². The first-order chi connectivity index (χ1) is 12.1. The van der Waals surface area contributed by atoms with Gasteiger partial charge in [-0.05, 0) is 41.7 Å². The van der Waals surface area contributed by atoms with Gasteiger partial charge in [0.05, 0.1) is 29.4 Å². The Hall–Kier alpha value is -1.97. The van der Waals surface area contributed by atoms with Gasteiger partial charge in [-0.1, -0.05) is 53.6 Å². The maximum absolute atomic E-state index is 12.3. The highest BCUT2D eigenvalue weighted by Crippen LogP contribution is 2.53. The number of allylic oxidation sites excluding steroid dienone is 2. The third-order valence-electron chi connectivity index (χ3n) is 5.11. The predicted molar refractivity (Wildman–Crippen MR) is 101 cm³/mol. The summed E-state index contributed by atoms with van der Waals surface area (Å²) < 4.78 is 4.97. The van der Waals surface area contributed by atoms with Crippen LogP contribution in [-0.4, -0.2) is 13.1 Å². The lowest BCUT2D eigenvalue weighted by molar-refractivity contribution is 0.0598. The number of anilines is 1. The zero-order valence-corrected chi connectivity index (χ0v) is 15.1. The number of benzene rings is 2. The Kier molecular flexibility index (Phi) is 4.22. The molecule has 3 nitrogen and oxygen atoms in total. The fourth-order valence-electron chi connectivity index (χ4n) is 4.00. The lowest BCUT2D eigenvalue weighted by Gasteiger charge is -2.39. The highest BCUT2D eigenvalue weighted by Gasteiger charge is 2.41. The second-order valence-electron chi connectivity index (χ2n) is 6.37. The molecule has 0 amide bonds. The minimum absolute atomic E-state index is 0.0339. The number of hydrogen-bond acceptors (Lipinski definition) is 3. The van der Waals surface area contributed by atoms with Crippen LogP contribution in [-0.2, 0) is 4.74 Å². The summed E-state index contributed by atoms with van der Waals surface area (Å²) in [5.41, 5.74) is 3.32. The number of nitrogens with one attached hydrogen (secondary N) is 1. The molecule has 0 saturated heterocycles. The molecule has 1 heterocycles. The molecule has 0 saturated carbocycles. The molecule has 2 aromatic carbocycles. The summed E-state index contributed by atoms with van der Waals surface area (Å²) >= 11 is 12.9. The van der Waals surface area contributed by atoms with Crippen molar-refractivity contribution in [3.05, 3.63) is 75.3 Å². The maximum Gasteiger partial charge on any atom is 0.338 e. The van der Waals surface area contributed by atoms with Crippen LogP contribution >= 0.6 is 23.2 Å². The van der Waals surface area contributed by atoms with Gasteiger partial charge in [0.25, 0.3) is 0 Å². The topological polar surface area (TPSA) is 38.3 Å². The number of methoxy groups -OCH3 is 1. The van der Waals surface area contributed by atoms with E-state index in [0.29, 0.717) is 10.6 Å². The minimum Gasteiger partial charge on any atom is -0.465 e. The largest absolute Gasteiger partial charge is 0.465 e. The number of halogens is 2. The monoisotopic (exact) mass is 373 g/mol. The highest BCUT2D eigenvalue weighted by molar-refractivity contribution is 6.34. The first-order valence-electron chi connectivity index (χ1n) is 8.20. The average molecular weight is 374 g/mol. The Morgan fingerprint density at radius 1 is 1.16 bits per heavy atom. The van der Waals surface area contributed by atoms with E-state index in [0.717, 1.165) is 28.3 Å². The molecule has 1 aliphatic carbocycles. The molecule has 25 heavy (non-hydrogen) atoms. The molecule has 0 fully saturated rings. The van der Waals surface area contributed by atoms with Gasteiger partial charge in [-0.3, -0.25) is 0 Å². The minimum atomic E-state index is -0.343. The van der Waals surface area contributed by atoms with E-state index in [9.17, 15) is 4.79 Å². The lowest BCUT2D eigenvalue weighted by atomic mass is 9.75. The lowest BCUT2D eigenvalue weighted by Crippen LogP contribution is -2.31. The molecule has 4 rings (SSSR count). The van der Waals surface area contributed by atoms with Crippen LogP contribution in [0.5, 0.6) is 0 Å². The average Bonchev–Trinajstić information content (AvgIpc) is 3.11. The number of esters is 1. The second-order valence-corrected chi connectivity index (χ2v) is 7.19. The van der Waals surface area contributed by atoms with Gasteiger partial charge < -0.3 is 10.1 Å². The maximum atomic E-state index is 12.3. The van der Waals surface area contributed by atoms with Crippen molar-refractivity contribution in [2.24, 2.45) is 5.92 Å². The highest BCUT2D eigenvalue weighted by atomic mass is 35.5. The van der Waals surface area contributed by atoms with Gasteiger partial charge in [-0.15, -0.1) is 0 Å². The molecule has 2 aromatic rings. The quantitative estimate of drug-likeness (QED) is 0.549. The van der Waals surface area contributed by atoms with E-state index in [1.165, 1.54) is 7.11 Å². The first kappa shape index (κ1) is 16.5. The number of rotatable bonds is 2. The van der Waals surface area contributed by atoms with Crippen molar-refractivity contribution < 1.29 is 9.53 Å². The molecule has 5 heteroatoms. The first-order valence-corrected chi connectivity index (χ1v) is 8.95. The summed E-state index contributed by atoms with van der Waals surface area (Å²) in [4.78, 5) is 12.3. The molecular weight excluding hydrogens is 357 g/mol. The van der Waals surface area contributed by atoms with Crippen LogP contribution in [0.4, 0.5) is 5.69 Å². The van der Waals surface area contributed by atoms with E-state index in [2.05, 4.69) is 17.5 Å². The summed E-state index contributed by atoms with van der Waals surface area (Å²) in [6, 6.07) is 11.4. The number of carbonyl (C=O) groups excluding carboxylic acids is 1. The molecule has 128 valence electrons. The Morgan fingerprint density at radius 3 is 2.72 bits per heavy atom. The van der Waals surface area contributed by atoms with E-state index in [1.54, 1.807) is 12.1 Å². The van der Waals surface area contributed by atoms with Gasteiger partial charge in [0.2, 0.25) is 0 Å². The number of hydrogen-bond donors (Lipinski definition) is 1. The van der Waals surface area contributed by atoms with Crippen LogP contribution in [0.25, 0.3) is 0 Å². The van der Waals surface area contributed by atoms with E-state index in [4.69, 9.17) is 27.9 Å². The number of ether oxygens (including phenoxy) is 1. The van der Waals surface area contributed by atoms with E-state index in [-0.39, 0.29) is 23.8 Å². The molecule has 0 spiro atoms. The van der Waals surface area contributed by atoms with Gasteiger partial charge in [0.15, 0.2) is 0 Å². The van der Waals surface area contributed by atoms with Crippen LogP contribution in [0.1, 0.15) is 39.9 Å². The van der Waals surface area contributed by atoms with Gasteiger partial charge in [0, 0.05) is 10.9 Å². The zero-order valence-electron chi connectivity index (χ0n) is 13.6. The van der Waals surface area contributed by atoms with E-state index >= 15 is 0 Å². The fourth-order valence-corrected chi connectivity index (χ4v) is 4.47. The summed E-state index contributed by atoms with van der Waals surface area (Å²) in [6.07, 6.45) is 5.25. The van der Waals surface area contributed by atoms with Crippen LogP contribution in [0, 0.1) is 5.92 Å². The van der Waals surface area contributed by atoms with Gasteiger partial charge in [-0.2, -0.15) is 0 Å². The molecule has 0 aromatic heterocycles. The van der Waals surface area contributed by atoms with Crippen molar-refractivity contribution in [1.82, 2.24) is 0 Å². The Labute approximate surface area is 156 Å². The predicted octanol–water partition coefficient (Wildman–Crippen LogP) is 5.61. The van der Waals surface area contributed by atoms with Gasteiger partial charge in [0.1, 0.15) is 0 Å². The van der Waals surface area contributed by atoms with Crippen molar-refractivity contribution in [3.8, 4) is 0 Å². The molecule has 2 aliphatic rings. The summed E-state index contributed by atoms with van der Waals surface area (Å²) in [6.45, 7) is 0. The van der Waals surface area contributed by atoms with Crippen LogP contribution < -0.4 is 5.32 Å². The van der Waals surface area contributed by atoms with Crippen molar-refractivity contribution in [3.63, 3.8) is 0 Å². The summed E-state index contributed by atoms with van der Waals surface area (Å²) in [7, 11) is 1.40. The molecular formula is C20H17Cl2NO2. The molecule has 3 atom stereocenters. The standard InChI is InChI=1S/C20H17Cl2NO2/c1-25-20(24)14-9-10-16(22)19-17(14)11-6-4-7-12(11)18(23-19)13-5-2-3-8-15(13)21/h2-6,8-12,18,23H,7H2,1H3/t11-,12-,18-/m1/s1. The Morgan fingerprint density at radius 2 is 1.96 bits per heavy atom. The van der Waals surface area contributed by atoms with Gasteiger partial charge >= 0.3 is 5.97 Å². The van der Waals surface area contributed by atoms with E-state index < -0.39 is 0 Å². The second kappa shape index (κ2) is 6.40. The summed E-state index contributed by atoms with van der Waals surface area (Å²) in [5.74, 6) is 0.0320. The summed E-state index contributed by atoms with van der Waals surface area (Å²) in [5, 5.41) is 4.88. The third-order valence-corrected chi connectivity index (χ3v) is 5.77. The van der Waals surface area contributed by atoms with Crippen LogP contribution in [0.2, 0.25) is 10.0 Å². The van der Waals surface area contributed by atoms with Crippen LogP contribution in [0.15, 0.2) is 48.6 Å². The van der Waals surface area contributed by atoms with Crippen LogP contribution in [0.3, 0.4) is 0 Å². The smallest absolute Gasteiger partial charge is 0.338 e. The van der Waals surface area contributed by atoms with Crippen molar-refractivity contribution in [2.45, 2.75) is 18.4 Å². The fraction of sp³-hybridized carbons (Fsp3) is 0.250. The Balaban J connectivity index is 1.89. The molecule has 0 unspecified atom stereocenters. The normalized spacial score (nSPS) is 23.6. The molecule has 1 N–H and O–H groups in total. The SMILES string of the molecule is COC(=O)c1ccc(Cl)c2c1[C@@H]1C=CC[C@H]1[C@H](c1ccccc1Cl)N2. The zero-order chi connectivity index (χ0) is 17.6. The number of fused-ring (bicyclic) bond motifs is 3. The van der Waals surface area contributed by atoms with E-state index in [1.807, 2.05) is 24.3 Å². The molecule has 0 bridgehead atoms.